The Morgan fingerprint density at radius 2 is 1.97 bits per heavy atom. The number of nitrogens with zero attached hydrogens (tertiary/aromatic N) is 2. The highest BCUT2D eigenvalue weighted by Crippen LogP contribution is 2.07. The van der Waals surface area contributed by atoms with Crippen molar-refractivity contribution in [3.05, 3.63) is 10.1 Å². The Balaban J connectivity index is 4.95. The van der Waals surface area contributed by atoms with Gasteiger partial charge in [-0.1, -0.05) is 19.3 Å². The molecule has 2 atom stereocenters. The molecule has 0 aromatic carbocycles. The van der Waals surface area contributed by atoms with E-state index in [9.17, 15) is 29.8 Å². The normalized spacial score (nSPS) is 13.5. The lowest BCUT2D eigenvalue weighted by Gasteiger charge is -2.24. The van der Waals surface area contributed by atoms with Gasteiger partial charge in [-0.15, -0.1) is 0 Å². The maximum atomic E-state index is 12.6. The van der Waals surface area contributed by atoms with E-state index < -0.39 is 35.9 Å². The summed E-state index contributed by atoms with van der Waals surface area (Å²) in [5, 5.41) is 33.5. The van der Waals surface area contributed by atoms with Crippen molar-refractivity contribution in [3.63, 3.8) is 0 Å². The number of nitro groups is 1. The summed E-state index contributed by atoms with van der Waals surface area (Å²) in [5.41, 5.74) is 7.01. The number of nitrogens with two attached hydrogens (primary N) is 1. The van der Waals surface area contributed by atoms with Crippen molar-refractivity contribution in [3.8, 4) is 0 Å². The van der Waals surface area contributed by atoms with Crippen LogP contribution in [0.4, 0.5) is 0 Å². The Morgan fingerprint density at radius 1 is 1.31 bits per heavy atom. The number of rotatable bonds is 14. The van der Waals surface area contributed by atoms with Crippen molar-refractivity contribution in [2.75, 3.05) is 20.3 Å². The predicted molar refractivity (Wildman–Crippen MR) is 106 cm³/mol. The Kier molecular flexibility index (Phi) is 13.3. The quantitative estimate of drug-likeness (QED) is 0.0457. The van der Waals surface area contributed by atoms with Crippen LogP contribution in [0.15, 0.2) is 4.99 Å². The fourth-order valence-corrected chi connectivity index (χ4v) is 2.40. The molecule has 0 heterocycles. The minimum Gasteiger partial charge on any atom is -0.426 e. The summed E-state index contributed by atoms with van der Waals surface area (Å²) in [6.07, 6.45) is 0.840. The number of amides is 2. The second-order valence-corrected chi connectivity index (χ2v) is 6.80. The highest BCUT2D eigenvalue weighted by Gasteiger charge is 2.29. The van der Waals surface area contributed by atoms with E-state index in [-0.39, 0.29) is 37.9 Å². The van der Waals surface area contributed by atoms with Crippen LogP contribution >= 0.6 is 0 Å². The number of hydrogen-bond donors (Lipinski definition) is 6. The van der Waals surface area contributed by atoms with Gasteiger partial charge in [-0.3, -0.25) is 9.59 Å². The van der Waals surface area contributed by atoms with Crippen LogP contribution in [-0.4, -0.2) is 72.2 Å². The number of ether oxygens (including phenoxy) is 1. The van der Waals surface area contributed by atoms with Gasteiger partial charge in [0.15, 0.2) is 5.03 Å². The number of guanidine groups is 1. The van der Waals surface area contributed by atoms with Crippen molar-refractivity contribution in [1.29, 1.82) is 0 Å². The Morgan fingerprint density at radius 3 is 2.48 bits per heavy atom. The third kappa shape index (κ3) is 13.4. The van der Waals surface area contributed by atoms with Gasteiger partial charge >= 0.3 is 7.12 Å². The minimum atomic E-state index is -1.75. The summed E-state index contributed by atoms with van der Waals surface area (Å²) in [5.74, 6) is -2.15. The van der Waals surface area contributed by atoms with Crippen molar-refractivity contribution in [1.82, 2.24) is 16.1 Å². The summed E-state index contributed by atoms with van der Waals surface area (Å²) in [7, 11) is -0.304. The summed E-state index contributed by atoms with van der Waals surface area (Å²) in [6, 6.07) is -0.951. The standard InChI is InChI=1S/C15H31BN6O7/c1-10(2)9-12(16(25)26)20-14(24)11(19-13(23)6-8-29-3)5-4-7-18-15(17)21-22(27)28/h10-12,25-26H,4-9H2,1-3H3,(H,19,23)(H,20,24)(H3,17,18,21)/t11-,12-/m0/s1. The van der Waals surface area contributed by atoms with E-state index in [1.54, 1.807) is 5.43 Å². The number of aliphatic imine (C=N–C) groups is 1. The lowest BCUT2D eigenvalue weighted by molar-refractivity contribution is -0.525. The average molecular weight is 418 g/mol. The van der Waals surface area contributed by atoms with Crippen LogP contribution < -0.4 is 21.8 Å². The molecule has 0 aromatic rings. The molecule has 13 nitrogen and oxygen atoms in total. The monoisotopic (exact) mass is 418 g/mol. The highest BCUT2D eigenvalue weighted by molar-refractivity contribution is 6.43. The molecule has 0 rings (SSSR count). The first-order chi connectivity index (χ1) is 13.6. The maximum Gasteiger partial charge on any atom is 0.475 e. The molecule has 0 saturated heterocycles. The van der Waals surface area contributed by atoms with Crippen LogP contribution in [0, 0.1) is 16.0 Å². The molecule has 29 heavy (non-hydrogen) atoms. The van der Waals surface area contributed by atoms with Gasteiger partial charge in [-0.25, -0.2) is 15.1 Å². The molecule has 0 radical (unpaired) electrons. The zero-order valence-corrected chi connectivity index (χ0v) is 17.0. The van der Waals surface area contributed by atoms with Gasteiger partial charge in [0.2, 0.25) is 11.8 Å². The van der Waals surface area contributed by atoms with E-state index in [1.165, 1.54) is 7.11 Å². The first-order valence-electron chi connectivity index (χ1n) is 9.22. The summed E-state index contributed by atoms with van der Waals surface area (Å²) >= 11 is 0. The molecule has 0 fully saturated rings. The summed E-state index contributed by atoms with van der Waals surface area (Å²) in [4.78, 5) is 38.6. The molecule has 0 spiro atoms. The van der Waals surface area contributed by atoms with E-state index in [0.29, 0.717) is 12.8 Å². The molecule has 0 unspecified atom stereocenters. The Bertz CT molecular complexity index is 561. The molecular weight excluding hydrogens is 387 g/mol. The van der Waals surface area contributed by atoms with Crippen LogP contribution in [-0.2, 0) is 14.3 Å². The lowest BCUT2D eigenvalue weighted by Crippen LogP contribution is -2.54. The largest absolute Gasteiger partial charge is 0.475 e. The second kappa shape index (κ2) is 14.5. The number of hydrogen-bond acceptors (Lipinski definition) is 8. The molecule has 0 aromatic heterocycles. The third-order valence-corrected chi connectivity index (χ3v) is 3.74. The third-order valence-electron chi connectivity index (χ3n) is 3.74. The van der Waals surface area contributed by atoms with Gasteiger partial charge in [-0.2, -0.15) is 0 Å². The second-order valence-electron chi connectivity index (χ2n) is 6.80. The van der Waals surface area contributed by atoms with Crippen LogP contribution in [0.25, 0.3) is 0 Å². The van der Waals surface area contributed by atoms with Crippen LogP contribution in [0.3, 0.4) is 0 Å². The van der Waals surface area contributed by atoms with Gasteiger partial charge in [0.25, 0.3) is 5.96 Å². The van der Waals surface area contributed by atoms with E-state index in [2.05, 4.69) is 15.6 Å². The minimum absolute atomic E-state index is 0.0518. The van der Waals surface area contributed by atoms with Gasteiger partial charge < -0.3 is 31.2 Å². The predicted octanol–water partition coefficient (Wildman–Crippen LogP) is -2.07. The Hall–Kier alpha value is -2.45. The van der Waals surface area contributed by atoms with E-state index in [0.717, 1.165) is 0 Å². The van der Waals surface area contributed by atoms with Gasteiger partial charge in [-0.05, 0) is 25.2 Å². The average Bonchev–Trinajstić information content (AvgIpc) is 2.60. The van der Waals surface area contributed by atoms with E-state index in [4.69, 9.17) is 10.5 Å². The maximum absolute atomic E-state index is 12.6. The number of carbonyl (C=O) groups excluding carboxylic acids is 2. The number of nitrogens with one attached hydrogen (secondary N) is 3. The first kappa shape index (κ1) is 26.6. The fourth-order valence-electron chi connectivity index (χ4n) is 2.40. The number of carbonyl (C=O) groups is 2. The molecule has 0 bridgehead atoms. The van der Waals surface area contributed by atoms with Gasteiger partial charge in [0.1, 0.15) is 6.04 Å². The molecule has 0 saturated carbocycles. The SMILES string of the molecule is COCCC(=O)N[C@@H](CCCN=C(N)N[N+](=O)[O-])C(=O)N[C@@H](CC(C)C)B(O)O. The molecule has 14 heteroatoms. The first-order valence-corrected chi connectivity index (χ1v) is 9.22. The van der Waals surface area contributed by atoms with Crippen molar-refractivity contribution in [2.24, 2.45) is 16.6 Å². The van der Waals surface area contributed by atoms with Crippen LogP contribution in [0.2, 0.25) is 0 Å². The van der Waals surface area contributed by atoms with E-state index >= 15 is 0 Å². The molecule has 7 N–H and O–H groups in total. The number of hydrazine groups is 1. The van der Waals surface area contributed by atoms with Gasteiger partial charge in [0.05, 0.1) is 12.5 Å². The smallest absolute Gasteiger partial charge is 0.426 e. The lowest BCUT2D eigenvalue weighted by atomic mass is 9.75. The van der Waals surface area contributed by atoms with Crippen molar-refractivity contribution >= 4 is 24.9 Å². The molecule has 0 aliphatic heterocycles. The highest BCUT2D eigenvalue weighted by atomic mass is 16.7. The molecule has 166 valence electrons. The fraction of sp³-hybridized carbons (Fsp3) is 0.800. The molecule has 2 amide bonds. The molecule has 0 aliphatic rings. The zero-order chi connectivity index (χ0) is 22.4. The van der Waals surface area contributed by atoms with Crippen LogP contribution in [0.1, 0.15) is 39.5 Å². The zero-order valence-electron chi connectivity index (χ0n) is 17.0. The van der Waals surface area contributed by atoms with Crippen molar-refractivity contribution in [2.45, 2.75) is 51.5 Å². The van der Waals surface area contributed by atoms with Crippen molar-refractivity contribution < 1.29 is 29.4 Å². The number of methoxy groups -OCH3 is 1. The topological polar surface area (TPSA) is 201 Å². The summed E-state index contributed by atoms with van der Waals surface area (Å²) in [6.45, 7) is 4.00. The summed E-state index contributed by atoms with van der Waals surface area (Å²) < 4.78 is 4.83. The van der Waals surface area contributed by atoms with Crippen LogP contribution in [0.5, 0.6) is 0 Å². The van der Waals surface area contributed by atoms with E-state index in [1.807, 2.05) is 13.8 Å². The Labute approximate surface area is 169 Å². The van der Waals surface area contributed by atoms with Gasteiger partial charge in [0, 0.05) is 20.1 Å². The molecular formula is C15H31BN6O7. The molecule has 0 aliphatic carbocycles.